The molecule has 5 heteroatoms. The van der Waals surface area contributed by atoms with Crippen LogP contribution >= 0.6 is 22.6 Å². The average Bonchev–Trinajstić information content (AvgIpc) is 2.15. The first-order valence-corrected chi connectivity index (χ1v) is 6.41. The summed E-state index contributed by atoms with van der Waals surface area (Å²) in [6.07, 6.45) is 4.24. The molecule has 1 heterocycles. The van der Waals surface area contributed by atoms with E-state index in [1.807, 2.05) is 6.92 Å². The van der Waals surface area contributed by atoms with Crippen LogP contribution in [0.1, 0.15) is 27.2 Å². The van der Waals surface area contributed by atoms with Crippen molar-refractivity contribution in [1.82, 2.24) is 9.97 Å². The van der Waals surface area contributed by atoms with E-state index in [-0.39, 0.29) is 0 Å². The summed E-state index contributed by atoms with van der Waals surface area (Å²) in [6.45, 7) is 6.48. The van der Waals surface area contributed by atoms with Crippen molar-refractivity contribution in [2.24, 2.45) is 5.92 Å². The molecule has 1 aromatic heterocycles. The van der Waals surface area contributed by atoms with E-state index in [0.29, 0.717) is 18.4 Å². The zero-order valence-electron chi connectivity index (χ0n) is 9.87. The third-order valence-electron chi connectivity index (χ3n) is 2.10. The van der Waals surface area contributed by atoms with Crippen LogP contribution in [0.3, 0.4) is 0 Å². The highest BCUT2D eigenvalue weighted by Crippen LogP contribution is 2.16. The van der Waals surface area contributed by atoms with Gasteiger partial charge in [-0.2, -0.15) is 0 Å². The molecule has 1 atom stereocenters. The fraction of sp³-hybridized carbons (Fsp3) is 0.636. The van der Waals surface area contributed by atoms with Gasteiger partial charge in [-0.05, 0) is 41.9 Å². The summed E-state index contributed by atoms with van der Waals surface area (Å²) >= 11 is 2.15. The molecule has 1 rings (SSSR count). The number of nitrogens with one attached hydrogen (secondary N) is 1. The molecule has 0 aliphatic heterocycles. The number of nitrogens with zero attached hydrogens (tertiary/aromatic N) is 2. The van der Waals surface area contributed by atoms with Crippen LogP contribution in [0.5, 0.6) is 0 Å². The molecule has 1 aromatic rings. The van der Waals surface area contributed by atoms with Gasteiger partial charge in [0, 0.05) is 22.5 Å². The number of hydrogen-bond donors (Lipinski definition) is 2. The highest BCUT2D eigenvalue weighted by molar-refractivity contribution is 14.1. The second-order valence-corrected chi connectivity index (χ2v) is 5.92. The molecule has 0 spiro atoms. The van der Waals surface area contributed by atoms with Crippen molar-refractivity contribution >= 4 is 28.5 Å². The van der Waals surface area contributed by atoms with Crippen LogP contribution in [-0.2, 0) is 0 Å². The first-order valence-electron chi connectivity index (χ1n) is 5.33. The first kappa shape index (κ1) is 13.6. The van der Waals surface area contributed by atoms with E-state index < -0.39 is 5.60 Å². The fourth-order valence-corrected chi connectivity index (χ4v) is 1.90. The second-order valence-electron chi connectivity index (χ2n) is 4.67. The molecule has 0 bridgehead atoms. The normalized spacial score (nSPS) is 14.9. The van der Waals surface area contributed by atoms with E-state index in [1.54, 1.807) is 12.4 Å². The number of anilines is 1. The fourth-order valence-electron chi connectivity index (χ4n) is 1.62. The van der Waals surface area contributed by atoms with Crippen LogP contribution in [0, 0.1) is 9.49 Å². The Morgan fingerprint density at radius 1 is 1.44 bits per heavy atom. The molecule has 4 nitrogen and oxygen atoms in total. The lowest BCUT2D eigenvalue weighted by molar-refractivity contribution is 0.0514. The number of halogens is 1. The van der Waals surface area contributed by atoms with Gasteiger partial charge >= 0.3 is 0 Å². The minimum atomic E-state index is -0.722. The van der Waals surface area contributed by atoms with E-state index in [9.17, 15) is 5.11 Å². The molecule has 0 aromatic carbocycles. The summed E-state index contributed by atoms with van der Waals surface area (Å²) in [4.78, 5) is 8.24. The van der Waals surface area contributed by atoms with Crippen molar-refractivity contribution in [3.8, 4) is 0 Å². The zero-order valence-corrected chi connectivity index (χ0v) is 12.0. The molecule has 0 saturated heterocycles. The number of rotatable bonds is 5. The number of hydrogen-bond acceptors (Lipinski definition) is 4. The average molecular weight is 335 g/mol. The quantitative estimate of drug-likeness (QED) is 0.811. The third-order valence-corrected chi connectivity index (χ3v) is 2.65. The Morgan fingerprint density at radius 2 is 2.00 bits per heavy atom. The van der Waals surface area contributed by atoms with E-state index in [0.717, 1.165) is 9.99 Å². The van der Waals surface area contributed by atoms with Gasteiger partial charge in [-0.25, -0.2) is 9.97 Å². The summed E-state index contributed by atoms with van der Waals surface area (Å²) in [6, 6.07) is 0. The lowest BCUT2D eigenvalue weighted by atomic mass is 9.94. The Kier molecular flexibility index (Phi) is 4.91. The third kappa shape index (κ3) is 5.07. The smallest absolute Gasteiger partial charge is 0.222 e. The van der Waals surface area contributed by atoms with Crippen LogP contribution in [0.25, 0.3) is 0 Å². The van der Waals surface area contributed by atoms with E-state index in [4.69, 9.17) is 0 Å². The van der Waals surface area contributed by atoms with E-state index >= 15 is 0 Å². The Hall–Kier alpha value is -0.430. The Balaban J connectivity index is 2.47. The molecular formula is C11H18IN3O. The Labute approximate surface area is 110 Å². The summed E-state index contributed by atoms with van der Waals surface area (Å²) < 4.78 is 0.997. The summed E-state index contributed by atoms with van der Waals surface area (Å²) in [5.41, 5.74) is -0.722. The monoisotopic (exact) mass is 335 g/mol. The van der Waals surface area contributed by atoms with Gasteiger partial charge in [-0.15, -0.1) is 0 Å². The van der Waals surface area contributed by atoms with Crippen LogP contribution < -0.4 is 5.32 Å². The summed E-state index contributed by atoms with van der Waals surface area (Å²) in [5, 5.41) is 13.1. The van der Waals surface area contributed by atoms with Crippen molar-refractivity contribution in [1.29, 1.82) is 0 Å². The molecule has 0 aliphatic rings. The molecule has 0 amide bonds. The zero-order chi connectivity index (χ0) is 12.2. The van der Waals surface area contributed by atoms with Crippen molar-refractivity contribution < 1.29 is 5.11 Å². The minimum Gasteiger partial charge on any atom is -0.388 e. The molecular weight excluding hydrogens is 317 g/mol. The largest absolute Gasteiger partial charge is 0.388 e. The highest BCUT2D eigenvalue weighted by atomic mass is 127. The molecule has 2 N–H and O–H groups in total. The van der Waals surface area contributed by atoms with Gasteiger partial charge in [0.2, 0.25) is 5.95 Å². The van der Waals surface area contributed by atoms with Gasteiger partial charge in [0.1, 0.15) is 0 Å². The van der Waals surface area contributed by atoms with Gasteiger partial charge in [0.05, 0.1) is 5.60 Å². The van der Waals surface area contributed by atoms with Crippen LogP contribution in [-0.4, -0.2) is 27.2 Å². The maximum absolute atomic E-state index is 10.1. The molecule has 1 unspecified atom stereocenters. The van der Waals surface area contributed by atoms with Crippen LogP contribution in [0.2, 0.25) is 0 Å². The Bertz CT molecular complexity index is 325. The van der Waals surface area contributed by atoms with Crippen LogP contribution in [0.15, 0.2) is 12.4 Å². The van der Waals surface area contributed by atoms with Crippen molar-refractivity contribution in [2.45, 2.75) is 32.8 Å². The van der Waals surface area contributed by atoms with Gasteiger partial charge < -0.3 is 10.4 Å². The number of aliphatic hydroxyl groups is 1. The SMILES string of the molecule is CC(C)CC(C)(O)CNc1ncc(I)cn1. The molecule has 0 aliphatic carbocycles. The molecule has 90 valence electrons. The van der Waals surface area contributed by atoms with Gasteiger partial charge in [0.15, 0.2) is 0 Å². The molecule has 16 heavy (non-hydrogen) atoms. The van der Waals surface area contributed by atoms with E-state index in [1.165, 1.54) is 0 Å². The predicted molar refractivity (Wildman–Crippen MR) is 73.3 cm³/mol. The lowest BCUT2D eigenvalue weighted by Crippen LogP contribution is -2.35. The van der Waals surface area contributed by atoms with Crippen LogP contribution in [0.4, 0.5) is 5.95 Å². The summed E-state index contributed by atoms with van der Waals surface area (Å²) in [5.74, 6) is 1.03. The maximum atomic E-state index is 10.1. The van der Waals surface area contributed by atoms with Gasteiger partial charge in [0.25, 0.3) is 0 Å². The summed E-state index contributed by atoms with van der Waals surface area (Å²) in [7, 11) is 0. The molecule has 0 radical (unpaired) electrons. The van der Waals surface area contributed by atoms with Gasteiger partial charge in [-0.1, -0.05) is 13.8 Å². The van der Waals surface area contributed by atoms with E-state index in [2.05, 4.69) is 51.7 Å². The predicted octanol–water partition coefficient (Wildman–Crippen LogP) is 2.29. The lowest BCUT2D eigenvalue weighted by Gasteiger charge is -2.25. The minimum absolute atomic E-state index is 0.464. The Morgan fingerprint density at radius 3 is 2.50 bits per heavy atom. The molecule has 0 fully saturated rings. The highest BCUT2D eigenvalue weighted by Gasteiger charge is 2.21. The van der Waals surface area contributed by atoms with Gasteiger partial charge in [-0.3, -0.25) is 0 Å². The maximum Gasteiger partial charge on any atom is 0.222 e. The van der Waals surface area contributed by atoms with Crippen molar-refractivity contribution in [3.63, 3.8) is 0 Å². The standard InChI is InChI=1S/C11H18IN3O/c1-8(2)4-11(3,16)7-15-10-13-5-9(12)6-14-10/h5-6,8,16H,4,7H2,1-3H3,(H,13,14,15). The van der Waals surface area contributed by atoms with Crippen molar-refractivity contribution in [2.75, 3.05) is 11.9 Å². The van der Waals surface area contributed by atoms with Crippen molar-refractivity contribution in [3.05, 3.63) is 16.0 Å². The first-order chi connectivity index (χ1) is 7.39. The molecule has 0 saturated carbocycles. The topological polar surface area (TPSA) is 58.0 Å². The second kappa shape index (κ2) is 5.77. The number of aromatic nitrogens is 2.